The highest BCUT2D eigenvalue weighted by Gasteiger charge is 2.29. The van der Waals surface area contributed by atoms with E-state index in [0.29, 0.717) is 18.9 Å². The molecule has 116 valence electrons. The van der Waals surface area contributed by atoms with E-state index in [9.17, 15) is 22.9 Å². The molecule has 1 aliphatic carbocycles. The largest absolute Gasteiger partial charge is 0.326 e. The SMILES string of the molecule is N[C@@H]1CCCC[C@H]1NS(=O)(=O)c1cc([N+](=O)[O-])ccc1F. The Kier molecular flexibility index (Phi) is 4.55. The molecule has 0 aromatic heterocycles. The van der Waals surface area contributed by atoms with E-state index in [1.165, 1.54) is 0 Å². The van der Waals surface area contributed by atoms with Gasteiger partial charge in [0.25, 0.3) is 5.69 Å². The molecule has 0 bridgehead atoms. The third kappa shape index (κ3) is 3.55. The Balaban J connectivity index is 2.30. The fourth-order valence-corrected chi connectivity index (χ4v) is 3.80. The van der Waals surface area contributed by atoms with Crippen LogP contribution in [0.25, 0.3) is 0 Å². The first-order valence-electron chi connectivity index (χ1n) is 6.53. The molecule has 9 heteroatoms. The van der Waals surface area contributed by atoms with E-state index in [1.807, 2.05) is 0 Å². The van der Waals surface area contributed by atoms with Crippen LogP contribution < -0.4 is 10.5 Å². The molecule has 0 heterocycles. The molecular formula is C12H16FN3O4S. The molecule has 1 saturated carbocycles. The molecule has 2 atom stereocenters. The second kappa shape index (κ2) is 6.04. The minimum absolute atomic E-state index is 0.338. The number of rotatable bonds is 4. The van der Waals surface area contributed by atoms with Gasteiger partial charge in [0.15, 0.2) is 0 Å². The molecule has 1 fully saturated rings. The summed E-state index contributed by atoms with van der Waals surface area (Å²) in [6.45, 7) is 0. The first-order chi connectivity index (χ1) is 9.81. The van der Waals surface area contributed by atoms with Gasteiger partial charge in [-0.05, 0) is 18.9 Å². The Bertz CT molecular complexity index is 650. The Labute approximate surface area is 121 Å². The van der Waals surface area contributed by atoms with Gasteiger partial charge in [0.1, 0.15) is 10.7 Å². The molecule has 1 aromatic carbocycles. The van der Waals surface area contributed by atoms with Gasteiger partial charge in [-0.2, -0.15) is 0 Å². The highest BCUT2D eigenvalue weighted by Crippen LogP contribution is 2.23. The molecule has 0 aliphatic heterocycles. The third-order valence-electron chi connectivity index (χ3n) is 3.54. The molecule has 0 saturated heterocycles. The maximum absolute atomic E-state index is 13.7. The number of nitro benzene ring substituents is 1. The fraction of sp³-hybridized carbons (Fsp3) is 0.500. The minimum Gasteiger partial charge on any atom is -0.326 e. The van der Waals surface area contributed by atoms with Crippen LogP contribution in [0, 0.1) is 15.9 Å². The van der Waals surface area contributed by atoms with E-state index in [-0.39, 0.29) is 6.04 Å². The lowest BCUT2D eigenvalue weighted by Gasteiger charge is -2.29. The Morgan fingerprint density at radius 1 is 1.33 bits per heavy atom. The number of nitrogens with zero attached hydrogens (tertiary/aromatic N) is 1. The van der Waals surface area contributed by atoms with Crippen molar-refractivity contribution in [2.75, 3.05) is 0 Å². The van der Waals surface area contributed by atoms with Crippen LogP contribution in [0.3, 0.4) is 0 Å². The summed E-state index contributed by atoms with van der Waals surface area (Å²) in [5, 5.41) is 10.7. The zero-order valence-electron chi connectivity index (χ0n) is 11.2. The van der Waals surface area contributed by atoms with E-state index in [0.717, 1.165) is 25.0 Å². The molecule has 1 aliphatic rings. The summed E-state index contributed by atoms with van der Waals surface area (Å²) in [6, 6.07) is 1.58. The van der Waals surface area contributed by atoms with Crippen molar-refractivity contribution in [3.8, 4) is 0 Å². The van der Waals surface area contributed by atoms with E-state index in [1.54, 1.807) is 0 Å². The number of non-ortho nitro benzene ring substituents is 1. The fourth-order valence-electron chi connectivity index (χ4n) is 2.38. The van der Waals surface area contributed by atoms with Gasteiger partial charge >= 0.3 is 0 Å². The lowest BCUT2D eigenvalue weighted by molar-refractivity contribution is -0.385. The lowest BCUT2D eigenvalue weighted by Crippen LogP contribution is -2.49. The molecule has 3 N–H and O–H groups in total. The Hall–Kier alpha value is -1.58. The summed E-state index contributed by atoms with van der Waals surface area (Å²) in [7, 11) is -4.19. The van der Waals surface area contributed by atoms with Gasteiger partial charge in [0.05, 0.1) is 4.92 Å². The predicted octanol–water partition coefficient (Wildman–Crippen LogP) is 1.28. The highest BCUT2D eigenvalue weighted by atomic mass is 32.2. The number of hydrogen-bond donors (Lipinski definition) is 2. The number of benzene rings is 1. The normalized spacial score (nSPS) is 23.0. The molecule has 2 rings (SSSR count). The third-order valence-corrected chi connectivity index (χ3v) is 5.05. The van der Waals surface area contributed by atoms with Gasteiger partial charge in [-0.1, -0.05) is 12.8 Å². The lowest BCUT2D eigenvalue weighted by atomic mass is 9.92. The number of nitro groups is 1. The summed E-state index contributed by atoms with van der Waals surface area (Å²) >= 11 is 0. The van der Waals surface area contributed by atoms with Crippen LogP contribution in [-0.4, -0.2) is 25.4 Å². The van der Waals surface area contributed by atoms with Gasteiger partial charge in [-0.15, -0.1) is 0 Å². The summed E-state index contributed by atoms with van der Waals surface area (Å²) in [4.78, 5) is 9.18. The van der Waals surface area contributed by atoms with Crippen LogP contribution in [0.15, 0.2) is 23.1 Å². The van der Waals surface area contributed by atoms with Crippen molar-refractivity contribution in [1.29, 1.82) is 0 Å². The van der Waals surface area contributed by atoms with E-state index in [4.69, 9.17) is 5.73 Å². The van der Waals surface area contributed by atoms with Gasteiger partial charge in [-0.25, -0.2) is 17.5 Å². The smallest absolute Gasteiger partial charge is 0.270 e. The number of halogens is 1. The molecule has 7 nitrogen and oxygen atoms in total. The van der Waals surface area contributed by atoms with Crippen LogP contribution in [0.4, 0.5) is 10.1 Å². The van der Waals surface area contributed by atoms with Gasteiger partial charge < -0.3 is 5.73 Å². The summed E-state index contributed by atoms with van der Waals surface area (Å²) < 4.78 is 40.5. The maximum Gasteiger partial charge on any atom is 0.270 e. The summed E-state index contributed by atoms with van der Waals surface area (Å²) in [6.07, 6.45) is 3.00. The second-order valence-corrected chi connectivity index (χ2v) is 6.73. The molecule has 0 amide bonds. The second-order valence-electron chi connectivity index (χ2n) is 5.05. The molecule has 1 aromatic rings. The molecule has 0 spiro atoms. The topological polar surface area (TPSA) is 115 Å². The maximum atomic E-state index is 13.7. The highest BCUT2D eigenvalue weighted by molar-refractivity contribution is 7.89. The quantitative estimate of drug-likeness (QED) is 0.641. The summed E-state index contributed by atoms with van der Waals surface area (Å²) in [5.74, 6) is -1.03. The van der Waals surface area contributed by atoms with Crippen molar-refractivity contribution in [3.05, 3.63) is 34.1 Å². The van der Waals surface area contributed by atoms with Gasteiger partial charge in [0.2, 0.25) is 10.0 Å². The molecule has 0 unspecified atom stereocenters. The Morgan fingerprint density at radius 2 is 2.00 bits per heavy atom. The van der Waals surface area contributed by atoms with Crippen molar-refractivity contribution in [1.82, 2.24) is 4.72 Å². The van der Waals surface area contributed by atoms with Crippen LogP contribution in [0.1, 0.15) is 25.7 Å². The average molecular weight is 317 g/mol. The van der Waals surface area contributed by atoms with E-state index >= 15 is 0 Å². The van der Waals surface area contributed by atoms with E-state index < -0.39 is 37.4 Å². The van der Waals surface area contributed by atoms with Crippen molar-refractivity contribution >= 4 is 15.7 Å². The molecular weight excluding hydrogens is 301 g/mol. The van der Waals surface area contributed by atoms with Crippen LogP contribution >= 0.6 is 0 Å². The first kappa shape index (κ1) is 15.8. The number of hydrogen-bond acceptors (Lipinski definition) is 5. The van der Waals surface area contributed by atoms with Crippen LogP contribution in [-0.2, 0) is 10.0 Å². The average Bonchev–Trinajstić information content (AvgIpc) is 2.41. The summed E-state index contributed by atoms with van der Waals surface area (Å²) in [5.41, 5.74) is 5.37. The standard InChI is InChI=1S/C12H16FN3O4S/c13-9-6-5-8(16(17)18)7-12(9)21(19,20)15-11-4-2-1-3-10(11)14/h5-7,10-11,15H,1-4,14H2/t10-,11-/m1/s1. The monoisotopic (exact) mass is 317 g/mol. The van der Waals surface area contributed by atoms with E-state index in [2.05, 4.69) is 4.72 Å². The number of nitrogens with one attached hydrogen (secondary N) is 1. The van der Waals surface area contributed by atoms with Crippen molar-refractivity contribution < 1.29 is 17.7 Å². The van der Waals surface area contributed by atoms with Crippen molar-refractivity contribution in [2.45, 2.75) is 42.7 Å². The number of sulfonamides is 1. The van der Waals surface area contributed by atoms with Crippen LogP contribution in [0.2, 0.25) is 0 Å². The predicted molar refractivity (Wildman–Crippen MR) is 73.6 cm³/mol. The van der Waals surface area contributed by atoms with Gasteiger partial charge in [0, 0.05) is 24.2 Å². The van der Waals surface area contributed by atoms with Crippen molar-refractivity contribution in [3.63, 3.8) is 0 Å². The van der Waals surface area contributed by atoms with Gasteiger partial charge in [-0.3, -0.25) is 10.1 Å². The zero-order valence-corrected chi connectivity index (χ0v) is 12.0. The number of nitrogens with two attached hydrogens (primary N) is 1. The van der Waals surface area contributed by atoms with Crippen LogP contribution in [0.5, 0.6) is 0 Å². The Morgan fingerprint density at radius 3 is 2.62 bits per heavy atom. The first-order valence-corrected chi connectivity index (χ1v) is 8.01. The van der Waals surface area contributed by atoms with Crippen molar-refractivity contribution in [2.24, 2.45) is 5.73 Å². The molecule has 21 heavy (non-hydrogen) atoms. The minimum atomic E-state index is -4.19. The zero-order chi connectivity index (χ0) is 15.6. The molecule has 0 radical (unpaired) electrons.